The van der Waals surface area contributed by atoms with Crippen LogP contribution in [-0.4, -0.2) is 6.61 Å². The molecule has 1 aromatic rings. The van der Waals surface area contributed by atoms with E-state index in [-0.39, 0.29) is 5.82 Å². The van der Waals surface area contributed by atoms with Crippen LogP contribution in [0.1, 0.15) is 25.8 Å². The number of benzene rings is 1. The molecule has 0 unspecified atom stereocenters. The number of rotatable bonds is 5. The van der Waals surface area contributed by atoms with Crippen LogP contribution in [0.25, 0.3) is 0 Å². The summed E-state index contributed by atoms with van der Waals surface area (Å²) in [6.45, 7) is 4.19. The molecule has 0 aliphatic rings. The number of nitrogens with zero attached hydrogens (tertiary/aromatic N) is 1. The van der Waals surface area contributed by atoms with Crippen LogP contribution in [0, 0.1) is 22.6 Å². The molecule has 17 heavy (non-hydrogen) atoms. The van der Waals surface area contributed by atoms with Crippen LogP contribution in [-0.2, 0) is 5.33 Å². The molecule has 0 N–H and O–H groups in total. The van der Waals surface area contributed by atoms with Gasteiger partial charge in [0.2, 0.25) is 0 Å². The number of halogens is 2. The maximum absolute atomic E-state index is 13.0. The van der Waals surface area contributed by atoms with Crippen molar-refractivity contribution in [3.63, 3.8) is 0 Å². The van der Waals surface area contributed by atoms with Gasteiger partial charge in [-0.1, -0.05) is 15.9 Å². The number of ether oxygens (including phenoxy) is 1. The maximum atomic E-state index is 13.0. The summed E-state index contributed by atoms with van der Waals surface area (Å²) in [5, 5.41) is 9.41. The summed E-state index contributed by atoms with van der Waals surface area (Å²) < 4.78 is 18.6. The van der Waals surface area contributed by atoms with Crippen molar-refractivity contribution >= 4 is 15.9 Å². The highest BCUT2D eigenvalue weighted by Crippen LogP contribution is 2.24. The monoisotopic (exact) mass is 299 g/mol. The van der Waals surface area contributed by atoms with Crippen LogP contribution < -0.4 is 4.74 Å². The molecule has 0 amide bonds. The summed E-state index contributed by atoms with van der Waals surface area (Å²) in [6, 6.07) is 6.65. The van der Waals surface area contributed by atoms with Crippen molar-refractivity contribution in [2.45, 2.75) is 25.6 Å². The number of hydrogen-bond donors (Lipinski definition) is 0. The van der Waals surface area contributed by atoms with Gasteiger partial charge in [0.15, 0.2) is 0 Å². The molecule has 0 aliphatic carbocycles. The molecular formula is C13H15BrFNO. The van der Waals surface area contributed by atoms with Gasteiger partial charge in [-0.2, -0.15) is 5.26 Å². The van der Waals surface area contributed by atoms with E-state index < -0.39 is 5.41 Å². The lowest BCUT2D eigenvalue weighted by atomic mass is 9.92. The van der Waals surface area contributed by atoms with Gasteiger partial charge in [0.1, 0.15) is 11.6 Å². The second kappa shape index (κ2) is 6.02. The second-order valence-corrected chi connectivity index (χ2v) is 5.04. The average molecular weight is 300 g/mol. The third kappa shape index (κ3) is 4.35. The molecule has 0 fully saturated rings. The van der Waals surface area contributed by atoms with E-state index >= 15 is 0 Å². The summed E-state index contributed by atoms with van der Waals surface area (Å²) >= 11 is 3.29. The van der Waals surface area contributed by atoms with Gasteiger partial charge >= 0.3 is 0 Å². The SMILES string of the molecule is CC(C)(C#N)CCOc1ccc(F)cc1CBr. The summed E-state index contributed by atoms with van der Waals surface area (Å²) in [5.74, 6) is 0.390. The molecule has 0 aromatic heterocycles. The van der Waals surface area contributed by atoms with Gasteiger partial charge in [-0.15, -0.1) is 0 Å². The molecule has 0 aliphatic heterocycles. The zero-order valence-corrected chi connectivity index (χ0v) is 11.6. The van der Waals surface area contributed by atoms with Gasteiger partial charge in [0, 0.05) is 10.9 Å². The first-order valence-corrected chi connectivity index (χ1v) is 6.49. The molecule has 1 rings (SSSR count). The molecule has 0 heterocycles. The zero-order valence-electron chi connectivity index (χ0n) is 9.96. The van der Waals surface area contributed by atoms with Crippen LogP contribution in [0.3, 0.4) is 0 Å². The van der Waals surface area contributed by atoms with Crippen molar-refractivity contribution in [1.82, 2.24) is 0 Å². The molecule has 0 saturated carbocycles. The molecule has 4 heteroatoms. The topological polar surface area (TPSA) is 33.0 Å². The van der Waals surface area contributed by atoms with Crippen molar-refractivity contribution in [2.75, 3.05) is 6.61 Å². The highest BCUT2D eigenvalue weighted by molar-refractivity contribution is 9.08. The minimum absolute atomic E-state index is 0.274. The van der Waals surface area contributed by atoms with Crippen LogP contribution in [0.5, 0.6) is 5.75 Å². The van der Waals surface area contributed by atoms with E-state index in [1.165, 1.54) is 12.1 Å². The van der Waals surface area contributed by atoms with Gasteiger partial charge in [-0.3, -0.25) is 0 Å². The Hall–Kier alpha value is -1.08. The van der Waals surface area contributed by atoms with Crippen molar-refractivity contribution < 1.29 is 9.13 Å². The first-order valence-electron chi connectivity index (χ1n) is 5.37. The Morgan fingerprint density at radius 2 is 2.18 bits per heavy atom. The van der Waals surface area contributed by atoms with Crippen LogP contribution in [0.4, 0.5) is 4.39 Å². The fraction of sp³-hybridized carbons (Fsp3) is 0.462. The van der Waals surface area contributed by atoms with Crippen LogP contribution >= 0.6 is 15.9 Å². The molecule has 1 aromatic carbocycles. The molecule has 92 valence electrons. The van der Waals surface area contributed by atoms with E-state index in [1.54, 1.807) is 6.07 Å². The lowest BCUT2D eigenvalue weighted by molar-refractivity contribution is 0.262. The summed E-state index contributed by atoms with van der Waals surface area (Å²) in [4.78, 5) is 0. The molecule has 0 atom stereocenters. The van der Waals surface area contributed by atoms with E-state index in [2.05, 4.69) is 22.0 Å². The summed E-state index contributed by atoms with van der Waals surface area (Å²) in [5.41, 5.74) is 0.383. The largest absolute Gasteiger partial charge is 0.493 e. The highest BCUT2D eigenvalue weighted by Gasteiger charge is 2.16. The minimum Gasteiger partial charge on any atom is -0.493 e. The minimum atomic E-state index is -0.394. The number of alkyl halides is 1. The van der Waals surface area contributed by atoms with Crippen molar-refractivity contribution in [3.8, 4) is 11.8 Å². The van der Waals surface area contributed by atoms with Crippen molar-refractivity contribution in [1.29, 1.82) is 5.26 Å². The van der Waals surface area contributed by atoms with Gasteiger partial charge in [0.25, 0.3) is 0 Å². The molecule has 0 bridgehead atoms. The highest BCUT2D eigenvalue weighted by atomic mass is 79.9. The Morgan fingerprint density at radius 1 is 1.47 bits per heavy atom. The number of hydrogen-bond acceptors (Lipinski definition) is 2. The Kier molecular flexibility index (Phi) is 4.95. The Labute approximate surface area is 110 Å². The number of nitriles is 1. The van der Waals surface area contributed by atoms with Gasteiger partial charge in [-0.05, 0) is 38.5 Å². The third-order valence-corrected chi connectivity index (χ3v) is 3.06. The van der Waals surface area contributed by atoms with E-state index in [4.69, 9.17) is 10.00 Å². The van der Waals surface area contributed by atoms with E-state index in [1.807, 2.05) is 13.8 Å². The zero-order chi connectivity index (χ0) is 12.9. The third-order valence-electron chi connectivity index (χ3n) is 2.45. The molecular weight excluding hydrogens is 285 g/mol. The van der Waals surface area contributed by atoms with Gasteiger partial charge in [0.05, 0.1) is 18.1 Å². The Morgan fingerprint density at radius 3 is 2.76 bits per heavy atom. The predicted octanol–water partition coefficient (Wildman–Crippen LogP) is 4.04. The lowest BCUT2D eigenvalue weighted by Gasteiger charge is -2.16. The molecule has 0 spiro atoms. The molecule has 0 saturated heterocycles. The first kappa shape index (κ1) is 14.0. The Bertz CT molecular complexity index is 426. The second-order valence-electron chi connectivity index (χ2n) is 4.48. The summed E-state index contributed by atoms with van der Waals surface area (Å²) in [7, 11) is 0. The van der Waals surface area contributed by atoms with E-state index in [9.17, 15) is 4.39 Å². The standard InChI is InChI=1S/C13H15BrFNO/c1-13(2,9-16)5-6-17-12-4-3-11(15)7-10(12)8-14/h3-4,7H,5-6,8H2,1-2H3. The maximum Gasteiger partial charge on any atom is 0.123 e. The van der Waals surface area contributed by atoms with E-state index in [0.29, 0.717) is 24.1 Å². The fourth-order valence-corrected chi connectivity index (χ4v) is 1.70. The lowest BCUT2D eigenvalue weighted by Crippen LogP contribution is -2.13. The normalized spacial score (nSPS) is 11.0. The first-order chi connectivity index (χ1) is 7.98. The quantitative estimate of drug-likeness (QED) is 0.769. The smallest absolute Gasteiger partial charge is 0.123 e. The van der Waals surface area contributed by atoms with Crippen LogP contribution in [0.2, 0.25) is 0 Å². The van der Waals surface area contributed by atoms with Gasteiger partial charge in [-0.25, -0.2) is 4.39 Å². The Balaban J connectivity index is 2.61. The van der Waals surface area contributed by atoms with Crippen LogP contribution in [0.15, 0.2) is 18.2 Å². The molecule has 0 radical (unpaired) electrons. The molecule has 2 nitrogen and oxygen atoms in total. The predicted molar refractivity (Wildman–Crippen MR) is 68.5 cm³/mol. The summed E-state index contributed by atoms with van der Waals surface area (Å²) in [6.07, 6.45) is 0.641. The van der Waals surface area contributed by atoms with Gasteiger partial charge < -0.3 is 4.74 Å². The average Bonchev–Trinajstić information content (AvgIpc) is 2.30. The van der Waals surface area contributed by atoms with Crippen molar-refractivity contribution in [3.05, 3.63) is 29.6 Å². The van der Waals surface area contributed by atoms with Crippen molar-refractivity contribution in [2.24, 2.45) is 5.41 Å². The fourth-order valence-electron chi connectivity index (χ4n) is 1.27. The van der Waals surface area contributed by atoms with E-state index in [0.717, 1.165) is 5.56 Å².